The van der Waals surface area contributed by atoms with Gasteiger partial charge in [-0.3, -0.25) is 23.7 Å². The number of carbonyl (C=O) groups excluding carboxylic acids is 3. The van der Waals surface area contributed by atoms with Crippen molar-refractivity contribution in [1.82, 2.24) is 4.57 Å². The van der Waals surface area contributed by atoms with E-state index >= 15 is 0 Å². The summed E-state index contributed by atoms with van der Waals surface area (Å²) in [4.78, 5) is 54.8. The summed E-state index contributed by atoms with van der Waals surface area (Å²) < 4.78 is 47.0. The van der Waals surface area contributed by atoms with Gasteiger partial charge < -0.3 is 15.2 Å². The minimum Gasteiger partial charge on any atom is -0.504 e. The second-order valence-electron chi connectivity index (χ2n) is 10.2. The van der Waals surface area contributed by atoms with Crippen LogP contribution in [0.25, 0.3) is 0 Å². The molecule has 45 heavy (non-hydrogen) atoms. The van der Waals surface area contributed by atoms with E-state index in [2.05, 4.69) is 5.32 Å². The number of phenolic OH excluding ortho intramolecular Hbond substituents is 1. The number of anilines is 2. The zero-order chi connectivity index (χ0) is 32.2. The van der Waals surface area contributed by atoms with E-state index in [1.165, 1.54) is 35.9 Å². The highest BCUT2D eigenvalue weighted by Crippen LogP contribution is 2.54. The Morgan fingerprint density at radius 3 is 2.47 bits per heavy atom. The second-order valence-corrected chi connectivity index (χ2v) is 12.8. The number of alkyl halides is 3. The first-order chi connectivity index (χ1) is 21.4. The number of methoxy groups -OCH3 is 1. The van der Waals surface area contributed by atoms with Gasteiger partial charge in [-0.15, -0.1) is 0 Å². The number of hydrogen-bond donors (Lipinski definition) is 2. The van der Waals surface area contributed by atoms with Crippen molar-refractivity contribution in [2.45, 2.75) is 28.9 Å². The topological polar surface area (TPSA) is 118 Å². The van der Waals surface area contributed by atoms with E-state index in [0.29, 0.717) is 21.2 Å². The van der Waals surface area contributed by atoms with E-state index in [9.17, 15) is 37.5 Å². The van der Waals surface area contributed by atoms with Gasteiger partial charge in [0.2, 0.25) is 17.7 Å². The van der Waals surface area contributed by atoms with Crippen LogP contribution in [0, 0.1) is 5.92 Å². The predicted octanol–water partition coefficient (Wildman–Crippen LogP) is 5.73. The molecule has 1 aromatic heterocycles. The van der Waals surface area contributed by atoms with Gasteiger partial charge in [0.15, 0.2) is 11.5 Å². The number of thiazole rings is 1. The number of rotatable bonds is 6. The van der Waals surface area contributed by atoms with Gasteiger partial charge in [-0.25, -0.2) is 4.90 Å². The molecule has 15 heteroatoms. The summed E-state index contributed by atoms with van der Waals surface area (Å²) in [6.07, 6.45) is -4.71. The van der Waals surface area contributed by atoms with Crippen LogP contribution in [0.15, 0.2) is 76.6 Å². The molecule has 3 amide bonds. The maximum atomic E-state index is 14.0. The molecular formula is C30H21ClF3N3O6S2. The summed E-state index contributed by atoms with van der Waals surface area (Å²) in [5, 5.41) is 12.5. The average molecular weight is 676 g/mol. The third-order valence-corrected chi connectivity index (χ3v) is 10.3. The maximum absolute atomic E-state index is 14.0. The molecule has 0 saturated carbocycles. The Hall–Kier alpha value is -4.27. The molecule has 0 unspecified atom stereocenters. The van der Waals surface area contributed by atoms with Gasteiger partial charge in [0.1, 0.15) is 11.8 Å². The van der Waals surface area contributed by atoms with Crippen molar-refractivity contribution in [3.8, 4) is 11.5 Å². The van der Waals surface area contributed by atoms with Crippen LogP contribution in [0.1, 0.15) is 21.9 Å². The molecule has 1 saturated heterocycles. The zero-order valence-electron chi connectivity index (χ0n) is 23.0. The van der Waals surface area contributed by atoms with Crippen LogP contribution in [0.3, 0.4) is 0 Å². The Bertz CT molecular complexity index is 1910. The first kappa shape index (κ1) is 30.7. The number of fused-ring (bicyclic) bond motifs is 2. The number of aromatic nitrogens is 1. The number of nitrogens with one attached hydrogen (secondary N) is 1. The van der Waals surface area contributed by atoms with Gasteiger partial charge in [-0.2, -0.15) is 13.2 Å². The van der Waals surface area contributed by atoms with Crippen LogP contribution >= 0.6 is 34.7 Å². The standard InChI is InChI=1S/C30H21ClF3N3O6S2/c1-43-20-11-14(5-10-19(20)38)22-23-24(27(41)37(26(23)40)18-4-2-3-15(12-18)30(32,33)34)44-28-25(22)45-29(42)36(28)13-21(39)35-17-8-6-16(31)7-9-17/h2-12,22-24,38H,13H2,1H3,(H,35,39)/t22-,23+,24-/m0/s1. The maximum Gasteiger partial charge on any atom is 0.416 e. The number of benzene rings is 3. The van der Waals surface area contributed by atoms with Gasteiger partial charge >= 0.3 is 11.0 Å². The van der Waals surface area contributed by atoms with E-state index in [1.807, 2.05) is 0 Å². The fourth-order valence-corrected chi connectivity index (χ4v) is 8.35. The quantitative estimate of drug-likeness (QED) is 0.251. The van der Waals surface area contributed by atoms with Crippen molar-refractivity contribution in [3.05, 3.63) is 97.4 Å². The number of phenols is 1. The zero-order valence-corrected chi connectivity index (χ0v) is 25.4. The Morgan fingerprint density at radius 2 is 1.78 bits per heavy atom. The molecule has 0 bridgehead atoms. The van der Waals surface area contributed by atoms with Crippen LogP contribution in [-0.4, -0.2) is 39.8 Å². The third-order valence-electron chi connectivity index (χ3n) is 7.47. The summed E-state index contributed by atoms with van der Waals surface area (Å²) in [7, 11) is 1.33. The number of aromatic hydroxyl groups is 1. The first-order valence-electron chi connectivity index (χ1n) is 13.2. The van der Waals surface area contributed by atoms with Gasteiger partial charge in [-0.05, 0) is 60.2 Å². The number of imide groups is 1. The number of nitrogens with zero attached hydrogens (tertiary/aromatic N) is 2. The lowest BCUT2D eigenvalue weighted by Crippen LogP contribution is -2.33. The molecule has 4 aromatic rings. The van der Waals surface area contributed by atoms with Crippen LogP contribution in [-0.2, 0) is 27.1 Å². The van der Waals surface area contributed by atoms with Crippen molar-refractivity contribution in [2.24, 2.45) is 5.92 Å². The van der Waals surface area contributed by atoms with Gasteiger partial charge in [0.25, 0.3) is 0 Å². The summed E-state index contributed by atoms with van der Waals surface area (Å²) in [5.74, 6) is -4.19. The molecular weight excluding hydrogens is 655 g/mol. The second kappa shape index (κ2) is 11.6. The molecule has 2 aliphatic rings. The van der Waals surface area contributed by atoms with Crippen LogP contribution in [0.2, 0.25) is 5.02 Å². The molecule has 0 aliphatic carbocycles. The Balaban J connectivity index is 1.43. The van der Waals surface area contributed by atoms with E-state index in [-0.39, 0.29) is 22.2 Å². The predicted molar refractivity (Wildman–Crippen MR) is 162 cm³/mol. The number of halogens is 4. The lowest BCUT2D eigenvalue weighted by Gasteiger charge is -2.31. The van der Waals surface area contributed by atoms with Crippen molar-refractivity contribution in [1.29, 1.82) is 0 Å². The summed E-state index contributed by atoms with van der Waals surface area (Å²) in [5.41, 5.74) is -0.397. The van der Waals surface area contributed by atoms with Gasteiger partial charge in [0, 0.05) is 21.5 Å². The number of amides is 3. The summed E-state index contributed by atoms with van der Waals surface area (Å²) in [6.45, 7) is -0.414. The third kappa shape index (κ3) is 5.57. The Morgan fingerprint density at radius 1 is 1.04 bits per heavy atom. The van der Waals surface area contributed by atoms with Crippen LogP contribution in [0.4, 0.5) is 24.5 Å². The molecule has 3 heterocycles. The minimum atomic E-state index is -4.71. The highest BCUT2D eigenvalue weighted by Gasteiger charge is 2.57. The monoisotopic (exact) mass is 675 g/mol. The highest BCUT2D eigenvalue weighted by molar-refractivity contribution is 8.00. The molecule has 2 N–H and O–H groups in total. The number of thioether (sulfide) groups is 1. The number of ether oxygens (including phenoxy) is 1. The molecule has 0 radical (unpaired) electrons. The van der Waals surface area contributed by atoms with Crippen molar-refractivity contribution < 1.29 is 37.4 Å². The molecule has 9 nitrogen and oxygen atoms in total. The van der Waals surface area contributed by atoms with Gasteiger partial charge in [0.05, 0.1) is 29.3 Å². The minimum absolute atomic E-state index is 0.0736. The molecule has 1 fully saturated rings. The lowest BCUT2D eigenvalue weighted by molar-refractivity contribution is -0.137. The molecule has 6 rings (SSSR count). The van der Waals surface area contributed by atoms with E-state index < -0.39 is 58.0 Å². The lowest BCUT2D eigenvalue weighted by atomic mass is 9.83. The van der Waals surface area contributed by atoms with Crippen LogP contribution in [0.5, 0.6) is 11.5 Å². The Kier molecular flexibility index (Phi) is 7.91. The van der Waals surface area contributed by atoms with Crippen LogP contribution < -0.4 is 19.8 Å². The largest absolute Gasteiger partial charge is 0.504 e. The number of carbonyl (C=O) groups is 3. The fraction of sp³-hybridized carbons (Fsp3) is 0.200. The van der Waals surface area contributed by atoms with Crippen molar-refractivity contribution in [3.63, 3.8) is 0 Å². The van der Waals surface area contributed by atoms with Gasteiger partial charge in [-0.1, -0.05) is 46.8 Å². The summed E-state index contributed by atoms with van der Waals surface area (Å²) in [6, 6.07) is 14.6. The molecule has 0 spiro atoms. The van der Waals surface area contributed by atoms with E-state index in [0.717, 1.165) is 46.2 Å². The molecule has 3 atom stereocenters. The fourth-order valence-electron chi connectivity index (χ4n) is 5.46. The Labute approximate surface area is 266 Å². The summed E-state index contributed by atoms with van der Waals surface area (Å²) >= 11 is 7.63. The smallest absolute Gasteiger partial charge is 0.416 e. The number of hydrogen-bond acceptors (Lipinski definition) is 8. The molecule has 232 valence electrons. The van der Waals surface area contributed by atoms with Crippen molar-refractivity contribution in [2.75, 3.05) is 17.3 Å². The van der Waals surface area contributed by atoms with E-state index in [1.54, 1.807) is 24.3 Å². The van der Waals surface area contributed by atoms with E-state index in [4.69, 9.17) is 16.3 Å². The normalized spacial score (nSPS) is 19.3. The first-order valence-corrected chi connectivity index (χ1v) is 15.3. The van der Waals surface area contributed by atoms with Crippen molar-refractivity contribution >= 4 is 63.8 Å². The molecule has 2 aliphatic heterocycles. The highest BCUT2D eigenvalue weighted by atomic mass is 35.5. The average Bonchev–Trinajstić information content (AvgIpc) is 3.44. The molecule has 3 aromatic carbocycles. The SMILES string of the molecule is COc1cc([C@@H]2c3sc(=O)n(CC(=O)Nc4ccc(Cl)cc4)c3S[C@@H]3C(=O)N(c4cccc(C(F)(F)F)c4)C(=O)[C@H]23)ccc1O.